The van der Waals surface area contributed by atoms with Crippen molar-refractivity contribution in [3.63, 3.8) is 0 Å². The molecule has 0 unspecified atom stereocenters. The Bertz CT molecular complexity index is 668. The van der Waals surface area contributed by atoms with Crippen LogP contribution in [0.5, 0.6) is 0 Å². The van der Waals surface area contributed by atoms with Crippen LogP contribution < -0.4 is 11.1 Å². The third-order valence-corrected chi connectivity index (χ3v) is 4.41. The molecule has 3 N–H and O–H groups in total. The highest BCUT2D eigenvalue weighted by molar-refractivity contribution is 6.33. The fourth-order valence-electron chi connectivity index (χ4n) is 2.85. The summed E-state index contributed by atoms with van der Waals surface area (Å²) in [6.07, 6.45) is 2.57. The number of rotatable bonds is 4. The van der Waals surface area contributed by atoms with Crippen molar-refractivity contribution >= 4 is 17.5 Å². The van der Waals surface area contributed by atoms with Gasteiger partial charge in [-0.3, -0.25) is 4.79 Å². The van der Waals surface area contributed by atoms with Crippen LogP contribution in [0.15, 0.2) is 40.8 Å². The van der Waals surface area contributed by atoms with Gasteiger partial charge in [-0.15, -0.1) is 0 Å². The summed E-state index contributed by atoms with van der Waals surface area (Å²) in [5.41, 5.74) is 6.69. The van der Waals surface area contributed by atoms with Crippen molar-refractivity contribution < 1.29 is 9.21 Å². The summed E-state index contributed by atoms with van der Waals surface area (Å²) in [7, 11) is 0. The summed E-state index contributed by atoms with van der Waals surface area (Å²) < 4.78 is 5.76. The third-order valence-electron chi connectivity index (χ3n) is 4.08. The van der Waals surface area contributed by atoms with E-state index in [1.165, 1.54) is 0 Å². The molecule has 4 nitrogen and oxygen atoms in total. The van der Waals surface area contributed by atoms with Gasteiger partial charge in [0, 0.05) is 17.5 Å². The first-order chi connectivity index (χ1) is 10.6. The van der Waals surface area contributed by atoms with Crippen LogP contribution in [0.3, 0.4) is 0 Å². The molecule has 1 fully saturated rings. The van der Waals surface area contributed by atoms with Crippen molar-refractivity contribution in [1.82, 2.24) is 5.32 Å². The lowest BCUT2D eigenvalue weighted by Gasteiger charge is -2.09. The minimum absolute atomic E-state index is 0.0352. The second-order valence-electron chi connectivity index (χ2n) is 5.73. The number of benzene rings is 1. The van der Waals surface area contributed by atoms with Gasteiger partial charge in [0.05, 0.1) is 11.6 Å². The number of halogens is 1. The zero-order chi connectivity index (χ0) is 15.5. The van der Waals surface area contributed by atoms with E-state index in [2.05, 4.69) is 5.32 Å². The number of hydrogen-bond donors (Lipinski definition) is 2. The highest BCUT2D eigenvalue weighted by Gasteiger charge is 2.27. The molecule has 1 amide bonds. The number of furan rings is 1. The summed E-state index contributed by atoms with van der Waals surface area (Å²) in [5.74, 6) is 1.51. The smallest absolute Gasteiger partial charge is 0.223 e. The number of nitrogens with one attached hydrogen (secondary N) is 1. The number of carbonyl (C=O) groups excluding carboxylic acids is 1. The quantitative estimate of drug-likeness (QED) is 0.908. The van der Waals surface area contributed by atoms with E-state index in [1.54, 1.807) is 0 Å². The average molecular weight is 319 g/mol. The molecule has 3 rings (SSSR count). The van der Waals surface area contributed by atoms with Gasteiger partial charge >= 0.3 is 0 Å². The Balaban J connectivity index is 1.60. The van der Waals surface area contributed by atoms with Crippen LogP contribution in [0.2, 0.25) is 5.02 Å². The van der Waals surface area contributed by atoms with Gasteiger partial charge in [-0.25, -0.2) is 0 Å². The van der Waals surface area contributed by atoms with Gasteiger partial charge in [-0.05, 0) is 43.5 Å². The van der Waals surface area contributed by atoms with E-state index < -0.39 is 0 Å². The molecular formula is C17H19ClN2O2. The molecule has 0 spiro atoms. The molecule has 1 heterocycles. The Kier molecular flexibility index (Phi) is 4.50. The topological polar surface area (TPSA) is 68.3 Å². The van der Waals surface area contributed by atoms with Gasteiger partial charge < -0.3 is 15.5 Å². The first-order valence-corrected chi connectivity index (χ1v) is 7.88. The lowest BCUT2D eigenvalue weighted by Crippen LogP contribution is -2.29. The van der Waals surface area contributed by atoms with Gasteiger partial charge in [-0.2, -0.15) is 0 Å². The van der Waals surface area contributed by atoms with E-state index in [4.69, 9.17) is 21.8 Å². The highest BCUT2D eigenvalue weighted by Crippen LogP contribution is 2.29. The predicted molar refractivity (Wildman–Crippen MR) is 86.3 cm³/mol. The maximum atomic E-state index is 12.1. The molecule has 1 aromatic heterocycles. The lowest BCUT2D eigenvalue weighted by molar-refractivity contribution is -0.125. The zero-order valence-corrected chi connectivity index (χ0v) is 13.0. The first kappa shape index (κ1) is 15.1. The van der Waals surface area contributed by atoms with Gasteiger partial charge in [-0.1, -0.05) is 23.7 Å². The van der Waals surface area contributed by atoms with Gasteiger partial charge in [0.15, 0.2) is 0 Å². The van der Waals surface area contributed by atoms with Crippen molar-refractivity contribution in [2.24, 2.45) is 11.7 Å². The maximum Gasteiger partial charge on any atom is 0.223 e. The summed E-state index contributed by atoms with van der Waals surface area (Å²) in [4.78, 5) is 12.1. The Labute approximate surface area is 134 Å². The van der Waals surface area contributed by atoms with Crippen LogP contribution in [0, 0.1) is 5.92 Å². The van der Waals surface area contributed by atoms with Gasteiger partial charge in [0.1, 0.15) is 11.5 Å². The van der Waals surface area contributed by atoms with Crippen molar-refractivity contribution in [2.45, 2.75) is 31.8 Å². The number of nitrogens with two attached hydrogens (primary N) is 1. The normalized spacial score (nSPS) is 21.0. The molecule has 22 heavy (non-hydrogen) atoms. The van der Waals surface area contributed by atoms with Gasteiger partial charge in [0.2, 0.25) is 5.91 Å². The Hall–Kier alpha value is -1.78. The number of carbonyl (C=O) groups is 1. The van der Waals surface area contributed by atoms with Crippen LogP contribution in [0.25, 0.3) is 11.3 Å². The fourth-order valence-corrected chi connectivity index (χ4v) is 3.08. The molecule has 1 saturated carbocycles. The molecule has 116 valence electrons. The monoisotopic (exact) mass is 318 g/mol. The molecule has 1 aliphatic carbocycles. The van der Waals surface area contributed by atoms with E-state index in [9.17, 15) is 4.79 Å². The maximum absolute atomic E-state index is 12.1. The molecule has 0 radical (unpaired) electrons. The molecule has 1 aromatic carbocycles. The fraction of sp³-hybridized carbons (Fsp3) is 0.353. The second-order valence-corrected chi connectivity index (χ2v) is 6.14. The van der Waals surface area contributed by atoms with Crippen molar-refractivity contribution in [2.75, 3.05) is 0 Å². The molecule has 0 saturated heterocycles. The second kappa shape index (κ2) is 6.55. The van der Waals surface area contributed by atoms with E-state index in [0.29, 0.717) is 23.1 Å². The minimum Gasteiger partial charge on any atom is -0.459 e. The Morgan fingerprint density at radius 1 is 1.27 bits per heavy atom. The molecule has 0 aliphatic heterocycles. The molecule has 2 aromatic rings. The third kappa shape index (κ3) is 3.34. The van der Waals surface area contributed by atoms with Crippen LogP contribution in [-0.2, 0) is 11.3 Å². The van der Waals surface area contributed by atoms with E-state index >= 15 is 0 Å². The molecular weight excluding hydrogens is 300 g/mol. The van der Waals surface area contributed by atoms with E-state index in [1.807, 2.05) is 36.4 Å². The van der Waals surface area contributed by atoms with Gasteiger partial charge in [0.25, 0.3) is 0 Å². The summed E-state index contributed by atoms with van der Waals surface area (Å²) in [5, 5.41) is 3.57. The SMILES string of the molecule is N[C@@H]1CC[C@H](C(=O)NCc2ccc(-c3ccccc3Cl)o2)C1. The predicted octanol–water partition coefficient (Wildman–Crippen LogP) is 3.34. The molecule has 0 bridgehead atoms. The standard InChI is InChI=1S/C17H19ClN2O2/c18-15-4-2-1-3-14(15)16-8-7-13(22-16)10-20-17(21)11-5-6-12(19)9-11/h1-4,7-8,11-12H,5-6,9-10,19H2,(H,20,21)/t11-,12+/m0/s1. The van der Waals surface area contributed by atoms with Crippen LogP contribution in [0.1, 0.15) is 25.0 Å². The van der Waals surface area contributed by atoms with Crippen molar-refractivity contribution in [3.8, 4) is 11.3 Å². The largest absolute Gasteiger partial charge is 0.459 e. The van der Waals surface area contributed by atoms with E-state index in [-0.39, 0.29) is 17.9 Å². The molecule has 1 aliphatic rings. The van der Waals surface area contributed by atoms with Crippen LogP contribution in [0.4, 0.5) is 0 Å². The summed E-state index contributed by atoms with van der Waals surface area (Å²) in [6, 6.07) is 11.4. The van der Waals surface area contributed by atoms with Crippen molar-refractivity contribution in [1.29, 1.82) is 0 Å². The Morgan fingerprint density at radius 2 is 2.09 bits per heavy atom. The minimum atomic E-state index is 0.0352. The Morgan fingerprint density at radius 3 is 2.82 bits per heavy atom. The molecule has 5 heteroatoms. The molecule has 2 atom stereocenters. The summed E-state index contributed by atoms with van der Waals surface area (Å²) in [6.45, 7) is 0.384. The zero-order valence-electron chi connectivity index (χ0n) is 12.2. The van der Waals surface area contributed by atoms with E-state index in [0.717, 1.165) is 24.8 Å². The van der Waals surface area contributed by atoms with Crippen LogP contribution in [-0.4, -0.2) is 11.9 Å². The number of hydrogen-bond acceptors (Lipinski definition) is 3. The first-order valence-electron chi connectivity index (χ1n) is 7.50. The number of amides is 1. The highest BCUT2D eigenvalue weighted by atomic mass is 35.5. The summed E-state index contributed by atoms with van der Waals surface area (Å²) >= 11 is 6.15. The van der Waals surface area contributed by atoms with Crippen LogP contribution >= 0.6 is 11.6 Å². The van der Waals surface area contributed by atoms with Crippen molar-refractivity contribution in [3.05, 3.63) is 47.2 Å². The lowest BCUT2D eigenvalue weighted by atomic mass is 10.1. The average Bonchev–Trinajstić information content (AvgIpc) is 3.14.